The summed E-state index contributed by atoms with van der Waals surface area (Å²) in [5.74, 6) is 0.364. The number of benzene rings is 3. The van der Waals surface area contributed by atoms with Gasteiger partial charge in [-0.2, -0.15) is 13.5 Å². The Labute approximate surface area is 202 Å². The molecular formula is C22H18Br2N2O5S. The van der Waals surface area contributed by atoms with Gasteiger partial charge in [0.1, 0.15) is 10.6 Å². The highest BCUT2D eigenvalue weighted by atomic mass is 79.9. The molecule has 1 amide bonds. The lowest BCUT2D eigenvalue weighted by atomic mass is 10.2. The average Bonchev–Trinajstić information content (AvgIpc) is 2.76. The molecule has 7 nitrogen and oxygen atoms in total. The zero-order valence-corrected chi connectivity index (χ0v) is 21.0. The Morgan fingerprint density at radius 1 is 1.00 bits per heavy atom. The van der Waals surface area contributed by atoms with Crippen LogP contribution in [0, 0.1) is 6.92 Å². The minimum atomic E-state index is -4.01. The summed E-state index contributed by atoms with van der Waals surface area (Å²) in [6.45, 7) is 1.87. The first-order chi connectivity index (χ1) is 15.2. The Morgan fingerprint density at radius 3 is 2.16 bits per heavy atom. The summed E-state index contributed by atoms with van der Waals surface area (Å²) >= 11 is 6.65. The van der Waals surface area contributed by atoms with Crippen LogP contribution < -0.4 is 14.3 Å². The van der Waals surface area contributed by atoms with E-state index in [0.29, 0.717) is 25.8 Å². The summed E-state index contributed by atoms with van der Waals surface area (Å²) in [6.07, 6.45) is 1.43. The minimum absolute atomic E-state index is 0.0498. The molecule has 3 rings (SSSR count). The monoisotopic (exact) mass is 580 g/mol. The van der Waals surface area contributed by atoms with Crippen molar-refractivity contribution < 1.29 is 22.1 Å². The third-order valence-electron chi connectivity index (χ3n) is 4.26. The zero-order valence-electron chi connectivity index (χ0n) is 17.0. The number of methoxy groups -OCH3 is 1. The lowest BCUT2D eigenvalue weighted by Gasteiger charge is -2.11. The molecule has 0 unspecified atom stereocenters. The molecule has 0 saturated carbocycles. The summed E-state index contributed by atoms with van der Waals surface area (Å²) in [5, 5.41) is 3.95. The summed E-state index contributed by atoms with van der Waals surface area (Å²) < 4.78 is 36.3. The topological polar surface area (TPSA) is 94.1 Å². The van der Waals surface area contributed by atoms with Crippen LogP contribution in [0.3, 0.4) is 0 Å². The second-order valence-corrected chi connectivity index (χ2v) is 9.85. The van der Waals surface area contributed by atoms with Gasteiger partial charge >= 0.3 is 10.1 Å². The third-order valence-corrected chi connectivity index (χ3v) is 6.67. The fourth-order valence-corrected chi connectivity index (χ4v) is 5.13. The van der Waals surface area contributed by atoms with Crippen LogP contribution >= 0.6 is 31.9 Å². The smallest absolute Gasteiger partial charge is 0.339 e. The first-order valence-electron chi connectivity index (χ1n) is 9.17. The molecule has 0 saturated heterocycles. The van der Waals surface area contributed by atoms with Crippen LogP contribution in [-0.2, 0) is 10.1 Å². The molecular weight excluding hydrogens is 564 g/mol. The van der Waals surface area contributed by atoms with Crippen molar-refractivity contribution >= 4 is 54.1 Å². The van der Waals surface area contributed by atoms with E-state index in [1.165, 1.54) is 18.3 Å². The summed E-state index contributed by atoms with van der Waals surface area (Å²) in [7, 11) is -2.47. The number of aryl methyl sites for hydroxylation is 1. The Kier molecular flexibility index (Phi) is 7.70. The van der Waals surface area contributed by atoms with Gasteiger partial charge < -0.3 is 8.92 Å². The van der Waals surface area contributed by atoms with Crippen molar-refractivity contribution in [2.45, 2.75) is 11.8 Å². The number of hydrogen-bond acceptors (Lipinski definition) is 6. The van der Waals surface area contributed by atoms with Crippen LogP contribution in [0.5, 0.6) is 11.5 Å². The van der Waals surface area contributed by atoms with Gasteiger partial charge in [-0.3, -0.25) is 4.79 Å². The normalized spacial score (nSPS) is 11.4. The van der Waals surface area contributed by atoms with Crippen molar-refractivity contribution in [3.8, 4) is 11.5 Å². The Hall–Kier alpha value is -2.69. The standard InChI is InChI=1S/C22H18Br2N2O5S/c1-14-3-9-18(10-4-14)32(28,29)31-21-19(23)11-15(12-20(21)24)13-25-26-22(27)16-5-7-17(30-2)8-6-16/h3-13H,1-2H3,(H,26,27)/b25-13-. The van der Waals surface area contributed by atoms with E-state index in [2.05, 4.69) is 42.4 Å². The van der Waals surface area contributed by atoms with E-state index in [0.717, 1.165) is 5.56 Å². The van der Waals surface area contributed by atoms with E-state index in [1.54, 1.807) is 55.6 Å². The maximum Gasteiger partial charge on any atom is 0.339 e. The van der Waals surface area contributed by atoms with Crippen LogP contribution in [-0.4, -0.2) is 27.6 Å². The molecule has 0 atom stereocenters. The number of hydrazone groups is 1. The maximum atomic E-state index is 12.6. The lowest BCUT2D eigenvalue weighted by Crippen LogP contribution is -2.17. The van der Waals surface area contributed by atoms with Gasteiger partial charge in [0, 0.05) is 5.56 Å². The molecule has 3 aromatic carbocycles. The van der Waals surface area contributed by atoms with Crippen molar-refractivity contribution in [3.63, 3.8) is 0 Å². The number of rotatable bonds is 7. The predicted octanol–water partition coefficient (Wildman–Crippen LogP) is 5.06. The predicted molar refractivity (Wildman–Crippen MR) is 129 cm³/mol. The Balaban J connectivity index is 1.72. The highest BCUT2D eigenvalue weighted by Crippen LogP contribution is 2.36. The molecule has 0 aliphatic heterocycles. The highest BCUT2D eigenvalue weighted by molar-refractivity contribution is 9.11. The van der Waals surface area contributed by atoms with Gasteiger partial charge in [0.25, 0.3) is 5.91 Å². The number of carbonyl (C=O) groups is 1. The Morgan fingerprint density at radius 2 is 1.59 bits per heavy atom. The molecule has 0 aliphatic rings. The van der Waals surface area contributed by atoms with Crippen molar-refractivity contribution in [2.75, 3.05) is 7.11 Å². The average molecular weight is 582 g/mol. The van der Waals surface area contributed by atoms with Crippen molar-refractivity contribution in [1.29, 1.82) is 0 Å². The fourth-order valence-electron chi connectivity index (χ4n) is 2.57. The number of carbonyl (C=O) groups excluding carboxylic acids is 1. The molecule has 0 spiro atoms. The molecule has 32 heavy (non-hydrogen) atoms. The Bertz CT molecular complexity index is 1240. The zero-order chi connectivity index (χ0) is 23.3. The fraction of sp³-hybridized carbons (Fsp3) is 0.0909. The number of halogens is 2. The largest absolute Gasteiger partial charge is 0.497 e. The molecule has 0 bridgehead atoms. The molecule has 0 radical (unpaired) electrons. The number of nitrogens with zero attached hydrogens (tertiary/aromatic N) is 1. The van der Waals surface area contributed by atoms with E-state index >= 15 is 0 Å². The molecule has 10 heteroatoms. The van der Waals surface area contributed by atoms with Crippen LogP contribution in [0.4, 0.5) is 0 Å². The van der Waals surface area contributed by atoms with Crippen LogP contribution in [0.2, 0.25) is 0 Å². The van der Waals surface area contributed by atoms with Crippen LogP contribution in [0.25, 0.3) is 0 Å². The molecule has 0 fully saturated rings. The molecule has 0 aliphatic carbocycles. The first kappa shape index (κ1) is 24.0. The van der Waals surface area contributed by atoms with Gasteiger partial charge in [0.2, 0.25) is 0 Å². The summed E-state index contributed by atoms with van der Waals surface area (Å²) in [4.78, 5) is 12.2. The van der Waals surface area contributed by atoms with E-state index in [4.69, 9.17) is 8.92 Å². The number of nitrogens with one attached hydrogen (secondary N) is 1. The van der Waals surface area contributed by atoms with E-state index in [9.17, 15) is 13.2 Å². The van der Waals surface area contributed by atoms with Gasteiger partial charge in [-0.05, 0) is 92.9 Å². The number of hydrogen-bond donors (Lipinski definition) is 1. The molecule has 3 aromatic rings. The molecule has 1 N–H and O–H groups in total. The van der Waals surface area contributed by atoms with Crippen molar-refractivity contribution in [1.82, 2.24) is 5.43 Å². The number of amides is 1. The van der Waals surface area contributed by atoms with Gasteiger partial charge in [-0.25, -0.2) is 5.43 Å². The SMILES string of the molecule is COc1ccc(C(=O)N/N=C\c2cc(Br)c(OS(=O)(=O)c3ccc(C)cc3)c(Br)c2)cc1. The van der Waals surface area contributed by atoms with Gasteiger partial charge in [-0.1, -0.05) is 17.7 Å². The maximum absolute atomic E-state index is 12.6. The van der Waals surface area contributed by atoms with Crippen molar-refractivity contribution in [2.24, 2.45) is 5.10 Å². The second-order valence-electron chi connectivity index (χ2n) is 6.59. The highest BCUT2D eigenvalue weighted by Gasteiger charge is 2.20. The first-order valence-corrected chi connectivity index (χ1v) is 12.2. The van der Waals surface area contributed by atoms with E-state index in [1.807, 2.05) is 6.92 Å². The molecule has 166 valence electrons. The van der Waals surface area contributed by atoms with E-state index in [-0.39, 0.29) is 16.6 Å². The second kappa shape index (κ2) is 10.3. The van der Waals surface area contributed by atoms with Crippen LogP contribution in [0.1, 0.15) is 21.5 Å². The van der Waals surface area contributed by atoms with Gasteiger partial charge in [0.15, 0.2) is 5.75 Å². The lowest BCUT2D eigenvalue weighted by molar-refractivity contribution is 0.0955. The molecule has 0 heterocycles. The van der Waals surface area contributed by atoms with Gasteiger partial charge in [0.05, 0.1) is 22.3 Å². The van der Waals surface area contributed by atoms with Gasteiger partial charge in [-0.15, -0.1) is 0 Å². The minimum Gasteiger partial charge on any atom is -0.497 e. The van der Waals surface area contributed by atoms with Crippen molar-refractivity contribution in [3.05, 3.63) is 86.3 Å². The molecule has 0 aromatic heterocycles. The quantitative estimate of drug-likeness (QED) is 0.239. The van der Waals surface area contributed by atoms with Crippen LogP contribution in [0.15, 0.2) is 79.6 Å². The number of ether oxygens (including phenoxy) is 1. The summed E-state index contributed by atoms with van der Waals surface area (Å²) in [6, 6.07) is 16.2. The summed E-state index contributed by atoms with van der Waals surface area (Å²) in [5.41, 5.74) is 4.40. The van der Waals surface area contributed by atoms with E-state index < -0.39 is 10.1 Å². The third kappa shape index (κ3) is 5.96.